The summed E-state index contributed by atoms with van der Waals surface area (Å²) >= 11 is 0. The molecule has 29 heavy (non-hydrogen) atoms. The molecule has 1 fully saturated rings. The monoisotopic (exact) mass is 385 g/mol. The van der Waals surface area contributed by atoms with Gasteiger partial charge in [-0.2, -0.15) is 0 Å². The van der Waals surface area contributed by atoms with Crippen LogP contribution in [0.25, 0.3) is 0 Å². The van der Waals surface area contributed by atoms with E-state index in [1.54, 1.807) is 43.6 Å². The summed E-state index contributed by atoms with van der Waals surface area (Å²) in [6.45, 7) is 0. The van der Waals surface area contributed by atoms with E-state index < -0.39 is 5.54 Å². The van der Waals surface area contributed by atoms with Crippen LogP contribution < -0.4 is 10.6 Å². The number of amides is 2. The summed E-state index contributed by atoms with van der Waals surface area (Å²) in [7, 11) is 1.57. The number of carbonyl (C=O) groups is 2. The molecule has 7 heteroatoms. The highest BCUT2D eigenvalue weighted by Gasteiger charge is 2.51. The number of rotatable bonds is 4. The average molecular weight is 385 g/mol. The van der Waals surface area contributed by atoms with Gasteiger partial charge in [0, 0.05) is 25.1 Å². The van der Waals surface area contributed by atoms with Gasteiger partial charge in [-0.1, -0.05) is 42.5 Å². The number of guanidine groups is 1. The quantitative estimate of drug-likeness (QED) is 0.643. The Morgan fingerprint density at radius 2 is 1.83 bits per heavy atom. The van der Waals surface area contributed by atoms with Crippen LogP contribution in [-0.4, -0.2) is 34.7 Å². The van der Waals surface area contributed by atoms with Gasteiger partial charge in [0.15, 0.2) is 11.5 Å². The van der Waals surface area contributed by atoms with Crippen molar-refractivity contribution >= 4 is 23.5 Å². The first-order chi connectivity index (χ1) is 14.0. The van der Waals surface area contributed by atoms with E-state index in [1.807, 2.05) is 36.4 Å². The Bertz CT molecular complexity index is 1080. The lowest BCUT2D eigenvalue weighted by atomic mass is 9.82. The second-order valence-electron chi connectivity index (χ2n) is 6.73. The highest BCUT2D eigenvalue weighted by Crippen LogP contribution is 2.36. The molecule has 0 radical (unpaired) electrons. The van der Waals surface area contributed by atoms with Crippen molar-refractivity contribution in [2.45, 2.75) is 5.54 Å². The number of nitrogens with one attached hydrogen (secondary N) is 3. The molecule has 0 aliphatic carbocycles. The van der Waals surface area contributed by atoms with Crippen LogP contribution in [0.1, 0.15) is 21.5 Å². The van der Waals surface area contributed by atoms with Crippen LogP contribution in [-0.2, 0) is 10.3 Å². The molecule has 3 aromatic rings. The third-order valence-corrected chi connectivity index (χ3v) is 4.95. The largest absolute Gasteiger partial charge is 0.334 e. The van der Waals surface area contributed by atoms with E-state index in [0.29, 0.717) is 16.8 Å². The van der Waals surface area contributed by atoms with E-state index in [9.17, 15) is 9.59 Å². The lowest BCUT2D eigenvalue weighted by Crippen LogP contribution is -2.45. The molecule has 2 aromatic carbocycles. The topological polar surface area (TPSA) is 98.2 Å². The Kier molecular flexibility index (Phi) is 4.56. The van der Waals surface area contributed by atoms with Gasteiger partial charge in [-0.25, -0.2) is 0 Å². The molecule has 0 saturated carbocycles. The number of nitrogens with zero attached hydrogens (tertiary/aromatic N) is 2. The molecule has 0 spiro atoms. The van der Waals surface area contributed by atoms with Crippen LogP contribution in [0.4, 0.5) is 5.69 Å². The number of likely N-dealkylation sites (N-methyl/N-ethyl adjacent to an activating group) is 1. The van der Waals surface area contributed by atoms with Gasteiger partial charge in [0.2, 0.25) is 0 Å². The van der Waals surface area contributed by atoms with E-state index in [4.69, 9.17) is 5.41 Å². The highest BCUT2D eigenvalue weighted by molar-refractivity contribution is 6.10. The average Bonchev–Trinajstić information content (AvgIpc) is 3.00. The number of pyridine rings is 1. The molecule has 1 saturated heterocycles. The second kappa shape index (κ2) is 7.20. The molecule has 3 N–H and O–H groups in total. The lowest BCUT2D eigenvalue weighted by Gasteiger charge is -2.28. The molecule has 1 aromatic heterocycles. The minimum absolute atomic E-state index is 0.0173. The Morgan fingerprint density at radius 1 is 1.07 bits per heavy atom. The summed E-state index contributed by atoms with van der Waals surface area (Å²) in [5, 5.41) is 14.0. The standard InChI is InChI=1S/C22H19N5O2/c1-27-20(29)22(26-21(27)23,16-8-3-2-4-9-16)17-10-5-11-18(13-17)25-19(28)15-7-6-12-24-14-15/h2-14H,1H3,(H2,23,26)(H,25,28). The molecule has 4 rings (SSSR count). The fourth-order valence-corrected chi connectivity index (χ4v) is 3.44. The number of aromatic nitrogens is 1. The van der Waals surface area contributed by atoms with Gasteiger partial charge in [-0.15, -0.1) is 0 Å². The summed E-state index contributed by atoms with van der Waals surface area (Å²) in [5.41, 5.74) is 1.10. The first kappa shape index (κ1) is 18.4. The normalized spacial score (nSPS) is 18.4. The summed E-state index contributed by atoms with van der Waals surface area (Å²) in [6, 6.07) is 19.7. The maximum Gasteiger partial charge on any atom is 0.264 e. The number of carbonyl (C=O) groups excluding carboxylic acids is 2. The van der Waals surface area contributed by atoms with Crippen LogP contribution in [0.15, 0.2) is 79.1 Å². The van der Waals surface area contributed by atoms with E-state index in [1.165, 1.54) is 11.1 Å². The fourth-order valence-electron chi connectivity index (χ4n) is 3.44. The van der Waals surface area contributed by atoms with Gasteiger partial charge in [-0.3, -0.25) is 24.9 Å². The molecular weight excluding hydrogens is 366 g/mol. The zero-order chi connectivity index (χ0) is 20.4. The van der Waals surface area contributed by atoms with Gasteiger partial charge >= 0.3 is 0 Å². The first-order valence-electron chi connectivity index (χ1n) is 9.05. The maximum atomic E-state index is 13.2. The molecule has 7 nitrogen and oxygen atoms in total. The van der Waals surface area contributed by atoms with Crippen LogP contribution in [0.5, 0.6) is 0 Å². The molecule has 144 valence electrons. The zero-order valence-corrected chi connectivity index (χ0v) is 15.7. The van der Waals surface area contributed by atoms with Crippen molar-refractivity contribution in [1.29, 1.82) is 5.41 Å². The minimum Gasteiger partial charge on any atom is -0.334 e. The molecule has 2 heterocycles. The smallest absolute Gasteiger partial charge is 0.264 e. The van der Waals surface area contributed by atoms with Crippen molar-refractivity contribution in [2.75, 3.05) is 12.4 Å². The van der Waals surface area contributed by atoms with Crippen LogP contribution >= 0.6 is 0 Å². The summed E-state index contributed by atoms with van der Waals surface area (Å²) in [5.74, 6) is -0.535. The van der Waals surface area contributed by atoms with Crippen LogP contribution in [0.2, 0.25) is 0 Å². The van der Waals surface area contributed by atoms with Gasteiger partial charge in [0.25, 0.3) is 11.8 Å². The maximum absolute atomic E-state index is 13.2. The summed E-state index contributed by atoms with van der Waals surface area (Å²) in [6.07, 6.45) is 3.09. The van der Waals surface area contributed by atoms with Crippen LogP contribution in [0.3, 0.4) is 0 Å². The lowest BCUT2D eigenvalue weighted by molar-refractivity contribution is -0.129. The Labute approximate surface area is 167 Å². The Hall–Kier alpha value is -4.00. The molecule has 1 aliphatic heterocycles. The van der Waals surface area contributed by atoms with Crippen molar-refractivity contribution in [2.24, 2.45) is 0 Å². The van der Waals surface area contributed by atoms with Crippen molar-refractivity contribution in [3.05, 3.63) is 95.8 Å². The third kappa shape index (κ3) is 3.12. The van der Waals surface area contributed by atoms with Gasteiger partial charge in [-0.05, 0) is 35.4 Å². The van der Waals surface area contributed by atoms with E-state index >= 15 is 0 Å². The van der Waals surface area contributed by atoms with Gasteiger partial charge < -0.3 is 10.6 Å². The SMILES string of the molecule is CN1C(=N)NC(c2ccccc2)(c2cccc(NC(=O)c3cccnc3)c2)C1=O. The molecular formula is C22H19N5O2. The predicted octanol–water partition coefficient (Wildman–Crippen LogP) is 2.57. The minimum atomic E-state index is -1.23. The summed E-state index contributed by atoms with van der Waals surface area (Å²) < 4.78 is 0. The van der Waals surface area contributed by atoms with Crippen molar-refractivity contribution in [3.8, 4) is 0 Å². The molecule has 2 amide bonds. The zero-order valence-electron chi connectivity index (χ0n) is 15.7. The third-order valence-electron chi connectivity index (χ3n) is 4.95. The number of hydrogen-bond donors (Lipinski definition) is 3. The number of anilines is 1. The predicted molar refractivity (Wildman–Crippen MR) is 109 cm³/mol. The molecule has 1 atom stereocenters. The van der Waals surface area contributed by atoms with E-state index in [-0.39, 0.29) is 17.8 Å². The Balaban J connectivity index is 1.76. The van der Waals surface area contributed by atoms with E-state index in [2.05, 4.69) is 15.6 Å². The highest BCUT2D eigenvalue weighted by atomic mass is 16.2. The molecule has 1 unspecified atom stereocenters. The first-order valence-corrected chi connectivity index (χ1v) is 9.05. The van der Waals surface area contributed by atoms with Gasteiger partial charge in [0.1, 0.15) is 0 Å². The van der Waals surface area contributed by atoms with Crippen molar-refractivity contribution < 1.29 is 9.59 Å². The van der Waals surface area contributed by atoms with Crippen molar-refractivity contribution in [3.63, 3.8) is 0 Å². The Morgan fingerprint density at radius 3 is 2.48 bits per heavy atom. The van der Waals surface area contributed by atoms with Gasteiger partial charge in [0.05, 0.1) is 5.56 Å². The van der Waals surface area contributed by atoms with Crippen LogP contribution in [0, 0.1) is 5.41 Å². The molecule has 1 aliphatic rings. The van der Waals surface area contributed by atoms with Crippen molar-refractivity contribution in [1.82, 2.24) is 15.2 Å². The fraction of sp³-hybridized carbons (Fsp3) is 0.0909. The summed E-state index contributed by atoms with van der Waals surface area (Å²) in [4.78, 5) is 31.0. The number of benzene rings is 2. The number of hydrogen-bond acceptors (Lipinski definition) is 4. The van der Waals surface area contributed by atoms with E-state index in [0.717, 1.165) is 5.56 Å². The second-order valence-corrected chi connectivity index (χ2v) is 6.73. The molecule has 0 bridgehead atoms.